The van der Waals surface area contributed by atoms with Gasteiger partial charge in [0, 0.05) is 30.7 Å². The standard InChI is InChI=1S/C17H31N3O3/c1-8-23-14(21)13-12-11-20(17(5,6)7)15(22)18(12)9-10-19(13)16(2,3)4/h12-13H,8-11H2,1-7H3/t12-,13?/m1/s1. The minimum atomic E-state index is -0.403. The molecule has 2 aliphatic heterocycles. The molecule has 2 amide bonds. The van der Waals surface area contributed by atoms with Crippen molar-refractivity contribution in [1.29, 1.82) is 0 Å². The molecule has 0 spiro atoms. The minimum absolute atomic E-state index is 0.0327. The highest BCUT2D eigenvalue weighted by Crippen LogP contribution is 2.33. The summed E-state index contributed by atoms with van der Waals surface area (Å²) in [7, 11) is 0. The third kappa shape index (κ3) is 3.32. The van der Waals surface area contributed by atoms with Crippen molar-refractivity contribution in [2.45, 2.75) is 71.6 Å². The summed E-state index contributed by atoms with van der Waals surface area (Å²) in [5.74, 6) is -0.222. The van der Waals surface area contributed by atoms with Crippen molar-refractivity contribution in [3.8, 4) is 0 Å². The van der Waals surface area contributed by atoms with Crippen LogP contribution in [0.25, 0.3) is 0 Å². The van der Waals surface area contributed by atoms with Crippen molar-refractivity contribution in [2.24, 2.45) is 0 Å². The molecule has 1 unspecified atom stereocenters. The number of carbonyl (C=O) groups excluding carboxylic acids is 2. The summed E-state index contributed by atoms with van der Waals surface area (Å²) in [6, 6.07) is -0.515. The van der Waals surface area contributed by atoms with Crippen molar-refractivity contribution >= 4 is 12.0 Å². The van der Waals surface area contributed by atoms with Crippen LogP contribution in [-0.2, 0) is 9.53 Å². The van der Waals surface area contributed by atoms with Crippen LogP contribution < -0.4 is 0 Å². The number of urea groups is 1. The first-order valence-corrected chi connectivity index (χ1v) is 8.50. The summed E-state index contributed by atoms with van der Waals surface area (Å²) in [6.45, 7) is 16.5. The van der Waals surface area contributed by atoms with E-state index in [1.165, 1.54) is 0 Å². The van der Waals surface area contributed by atoms with Crippen molar-refractivity contribution in [3.05, 3.63) is 0 Å². The van der Waals surface area contributed by atoms with E-state index in [9.17, 15) is 9.59 Å². The van der Waals surface area contributed by atoms with Crippen LogP contribution in [-0.4, -0.2) is 76.1 Å². The third-order valence-electron chi connectivity index (χ3n) is 4.73. The number of esters is 1. The number of piperazine rings is 1. The highest BCUT2D eigenvalue weighted by molar-refractivity contribution is 5.83. The monoisotopic (exact) mass is 325 g/mol. The van der Waals surface area contributed by atoms with E-state index in [1.807, 2.05) is 37.5 Å². The van der Waals surface area contributed by atoms with Crippen LogP contribution in [0.3, 0.4) is 0 Å². The van der Waals surface area contributed by atoms with Crippen molar-refractivity contribution in [3.63, 3.8) is 0 Å². The van der Waals surface area contributed by atoms with Gasteiger partial charge in [-0.2, -0.15) is 0 Å². The number of fused-ring (bicyclic) bond motifs is 1. The van der Waals surface area contributed by atoms with Crippen LogP contribution in [0.1, 0.15) is 48.5 Å². The Morgan fingerprint density at radius 2 is 1.74 bits per heavy atom. The SMILES string of the molecule is CCOC(=O)C1[C@H]2CN(C(C)(C)C)C(=O)N2CCN1C(C)(C)C. The maximum absolute atomic E-state index is 12.8. The molecule has 6 nitrogen and oxygen atoms in total. The molecule has 2 rings (SSSR count). The molecule has 2 heterocycles. The first kappa shape index (κ1) is 18.0. The molecule has 2 aliphatic rings. The zero-order valence-corrected chi connectivity index (χ0v) is 15.5. The van der Waals surface area contributed by atoms with Gasteiger partial charge in [-0.05, 0) is 48.5 Å². The van der Waals surface area contributed by atoms with Gasteiger partial charge in [0.05, 0.1) is 12.6 Å². The molecule has 0 aromatic carbocycles. The van der Waals surface area contributed by atoms with E-state index < -0.39 is 6.04 Å². The molecule has 0 N–H and O–H groups in total. The second-order valence-corrected chi connectivity index (χ2v) is 8.39. The van der Waals surface area contributed by atoms with Crippen molar-refractivity contribution < 1.29 is 14.3 Å². The van der Waals surface area contributed by atoms with E-state index in [4.69, 9.17) is 4.74 Å². The fourth-order valence-electron chi connectivity index (χ4n) is 3.58. The predicted octanol–water partition coefficient (Wildman–Crippen LogP) is 1.94. The van der Waals surface area contributed by atoms with Crippen LogP contribution >= 0.6 is 0 Å². The highest BCUT2D eigenvalue weighted by atomic mass is 16.5. The van der Waals surface area contributed by atoms with Crippen LogP contribution in [0.5, 0.6) is 0 Å². The van der Waals surface area contributed by atoms with Gasteiger partial charge >= 0.3 is 12.0 Å². The van der Waals surface area contributed by atoms with E-state index >= 15 is 0 Å². The Morgan fingerprint density at radius 1 is 1.13 bits per heavy atom. The highest BCUT2D eigenvalue weighted by Gasteiger charge is 2.53. The smallest absolute Gasteiger partial charge is 0.325 e. The van der Waals surface area contributed by atoms with Gasteiger partial charge in [-0.25, -0.2) is 4.79 Å². The molecule has 6 heteroatoms. The Labute approximate surface area is 139 Å². The van der Waals surface area contributed by atoms with E-state index in [0.29, 0.717) is 26.2 Å². The molecular formula is C17H31N3O3. The molecule has 0 bridgehead atoms. The Balaban J connectivity index is 2.35. The fraction of sp³-hybridized carbons (Fsp3) is 0.882. The first-order chi connectivity index (χ1) is 10.5. The molecule has 23 heavy (non-hydrogen) atoms. The van der Waals surface area contributed by atoms with Gasteiger partial charge in [-0.3, -0.25) is 9.69 Å². The van der Waals surface area contributed by atoms with Gasteiger partial charge in [-0.15, -0.1) is 0 Å². The molecule has 0 aromatic rings. The fourth-order valence-corrected chi connectivity index (χ4v) is 3.58. The molecule has 132 valence electrons. The quantitative estimate of drug-likeness (QED) is 0.728. The van der Waals surface area contributed by atoms with Crippen molar-refractivity contribution in [1.82, 2.24) is 14.7 Å². The summed E-state index contributed by atoms with van der Waals surface area (Å²) < 4.78 is 5.33. The second kappa shape index (κ2) is 5.96. The normalized spacial score (nSPS) is 26.5. The third-order valence-corrected chi connectivity index (χ3v) is 4.73. The average Bonchev–Trinajstić information content (AvgIpc) is 2.74. The maximum atomic E-state index is 12.8. The molecule has 0 aromatic heterocycles. The average molecular weight is 325 g/mol. The Kier molecular flexibility index (Phi) is 4.68. The minimum Gasteiger partial charge on any atom is -0.465 e. The van der Waals surface area contributed by atoms with Gasteiger partial charge in [0.2, 0.25) is 0 Å². The largest absolute Gasteiger partial charge is 0.465 e. The van der Waals surface area contributed by atoms with Gasteiger partial charge in [0.25, 0.3) is 0 Å². The second-order valence-electron chi connectivity index (χ2n) is 8.39. The van der Waals surface area contributed by atoms with E-state index in [1.54, 1.807) is 0 Å². The van der Waals surface area contributed by atoms with E-state index in [-0.39, 0.29) is 29.1 Å². The Hall–Kier alpha value is -1.30. The first-order valence-electron chi connectivity index (χ1n) is 8.50. The molecule has 2 atom stereocenters. The summed E-state index contributed by atoms with van der Waals surface area (Å²) in [6.07, 6.45) is 0. The lowest BCUT2D eigenvalue weighted by atomic mass is 9.94. The zero-order valence-electron chi connectivity index (χ0n) is 15.5. The zero-order chi connectivity index (χ0) is 17.6. The van der Waals surface area contributed by atoms with Crippen LogP contribution in [0.15, 0.2) is 0 Å². The summed E-state index contributed by atoms with van der Waals surface area (Å²) in [5, 5.41) is 0. The lowest BCUT2D eigenvalue weighted by Crippen LogP contribution is -2.66. The number of hydrogen-bond acceptors (Lipinski definition) is 4. The van der Waals surface area contributed by atoms with Gasteiger partial charge in [0.1, 0.15) is 6.04 Å². The molecule has 0 aliphatic carbocycles. The molecule has 2 fully saturated rings. The van der Waals surface area contributed by atoms with E-state index in [0.717, 1.165) is 0 Å². The summed E-state index contributed by atoms with van der Waals surface area (Å²) in [4.78, 5) is 31.3. The maximum Gasteiger partial charge on any atom is 0.325 e. The number of carbonyl (C=O) groups is 2. The lowest BCUT2D eigenvalue weighted by Gasteiger charge is -2.48. The molecule has 0 radical (unpaired) electrons. The van der Waals surface area contributed by atoms with Crippen LogP contribution in [0, 0.1) is 0 Å². The van der Waals surface area contributed by atoms with Crippen LogP contribution in [0.2, 0.25) is 0 Å². The predicted molar refractivity (Wildman–Crippen MR) is 89.2 cm³/mol. The van der Waals surface area contributed by atoms with Gasteiger partial charge < -0.3 is 14.5 Å². The number of amides is 2. The molecule has 2 saturated heterocycles. The molecular weight excluding hydrogens is 294 g/mol. The molecule has 0 saturated carbocycles. The number of rotatable bonds is 2. The van der Waals surface area contributed by atoms with Gasteiger partial charge in [0.15, 0.2) is 0 Å². The Morgan fingerprint density at radius 3 is 2.22 bits per heavy atom. The lowest BCUT2D eigenvalue weighted by molar-refractivity contribution is -0.157. The number of ether oxygens (including phenoxy) is 1. The number of nitrogens with zero attached hydrogens (tertiary/aromatic N) is 3. The van der Waals surface area contributed by atoms with Crippen molar-refractivity contribution in [2.75, 3.05) is 26.2 Å². The number of hydrogen-bond donors (Lipinski definition) is 0. The van der Waals surface area contributed by atoms with Crippen LogP contribution in [0.4, 0.5) is 4.79 Å². The topological polar surface area (TPSA) is 53.1 Å². The Bertz CT molecular complexity index is 478. The summed E-state index contributed by atoms with van der Waals surface area (Å²) in [5.41, 5.74) is -0.401. The van der Waals surface area contributed by atoms with Gasteiger partial charge in [-0.1, -0.05) is 0 Å². The van der Waals surface area contributed by atoms with E-state index in [2.05, 4.69) is 25.7 Å². The summed E-state index contributed by atoms with van der Waals surface area (Å²) >= 11 is 0.